The highest BCUT2D eigenvalue weighted by Gasteiger charge is 2.18. The van der Waals surface area contributed by atoms with Gasteiger partial charge in [0.2, 0.25) is 10.0 Å². The third kappa shape index (κ3) is 3.36. The van der Waals surface area contributed by atoms with Crippen LogP contribution in [0, 0.1) is 0 Å². The van der Waals surface area contributed by atoms with Gasteiger partial charge in [-0.3, -0.25) is 9.36 Å². The van der Waals surface area contributed by atoms with Crippen molar-refractivity contribution in [3.8, 4) is 0 Å². The number of nitrogens with zero attached hydrogens (tertiary/aromatic N) is 1. The Kier molecular flexibility index (Phi) is 4.85. The molecule has 1 aromatic heterocycles. The number of sulfonamides is 1. The second-order valence-corrected chi connectivity index (χ2v) is 7.79. The Bertz CT molecular complexity index is 790. The molecule has 5 nitrogen and oxygen atoms in total. The molecule has 2 rings (SSSR count). The molecular weight excluding hydrogens is 308 g/mol. The highest BCUT2D eigenvalue weighted by Crippen LogP contribution is 2.22. The molecular formula is C14H20N2O3S2. The average molecular weight is 328 g/mol. The summed E-state index contributed by atoms with van der Waals surface area (Å²) in [7, 11) is -3.53. The normalized spacial score (nSPS) is 13.7. The molecule has 0 aliphatic heterocycles. The van der Waals surface area contributed by atoms with Gasteiger partial charge in [-0.1, -0.05) is 25.2 Å². The van der Waals surface area contributed by atoms with Crippen LogP contribution in [-0.2, 0) is 16.6 Å². The lowest BCUT2D eigenvalue weighted by atomic mass is 10.3. The topological polar surface area (TPSA) is 68.2 Å². The number of rotatable bonds is 6. The zero-order valence-corrected chi connectivity index (χ0v) is 14.1. The third-order valence-corrected chi connectivity index (χ3v) is 5.90. The first-order valence-electron chi connectivity index (χ1n) is 7.04. The number of fused-ring (bicyclic) bond motifs is 1. The minimum Gasteiger partial charge on any atom is -0.299 e. The summed E-state index contributed by atoms with van der Waals surface area (Å²) in [5.74, 6) is 0. The quantitative estimate of drug-likeness (QED) is 0.886. The van der Waals surface area contributed by atoms with Gasteiger partial charge in [0.25, 0.3) is 0 Å². The summed E-state index contributed by atoms with van der Waals surface area (Å²) in [6.07, 6.45) is 1.59. The lowest BCUT2D eigenvalue weighted by Crippen LogP contribution is -2.31. The molecule has 1 heterocycles. The summed E-state index contributed by atoms with van der Waals surface area (Å²) in [5, 5.41) is 0. The van der Waals surface area contributed by atoms with Gasteiger partial charge in [-0.15, -0.1) is 0 Å². The Balaban J connectivity index is 2.47. The zero-order valence-electron chi connectivity index (χ0n) is 12.4. The monoisotopic (exact) mass is 328 g/mol. The standard InChI is InChI=1S/C14H20N2O3S2/c1-4-8-16-12-7-6-11(9-13(12)20-14(16)17)21(18,19)15-10(3)5-2/h6-7,9-10,15H,4-5,8H2,1-3H3/t10-/m1/s1. The Morgan fingerprint density at radius 2 is 2.05 bits per heavy atom. The minimum atomic E-state index is -3.53. The molecule has 0 aliphatic carbocycles. The summed E-state index contributed by atoms with van der Waals surface area (Å²) < 4.78 is 29.6. The Morgan fingerprint density at radius 1 is 1.33 bits per heavy atom. The maximum Gasteiger partial charge on any atom is 0.308 e. The molecule has 0 bridgehead atoms. The molecule has 7 heteroatoms. The minimum absolute atomic E-state index is 0.0451. The van der Waals surface area contributed by atoms with Crippen LogP contribution in [0.5, 0.6) is 0 Å². The van der Waals surface area contributed by atoms with Crippen molar-refractivity contribution in [2.75, 3.05) is 0 Å². The van der Waals surface area contributed by atoms with Crippen LogP contribution >= 0.6 is 11.3 Å². The molecule has 1 atom stereocenters. The van der Waals surface area contributed by atoms with Crippen LogP contribution in [0.1, 0.15) is 33.6 Å². The van der Waals surface area contributed by atoms with E-state index in [0.717, 1.165) is 29.7 Å². The number of nitrogens with one attached hydrogen (secondary N) is 1. The molecule has 116 valence electrons. The van der Waals surface area contributed by atoms with Crippen LogP contribution in [0.15, 0.2) is 27.9 Å². The molecule has 0 spiro atoms. The van der Waals surface area contributed by atoms with Crippen LogP contribution in [-0.4, -0.2) is 19.0 Å². The van der Waals surface area contributed by atoms with E-state index in [2.05, 4.69) is 4.72 Å². The maximum absolute atomic E-state index is 12.3. The zero-order chi connectivity index (χ0) is 15.6. The van der Waals surface area contributed by atoms with Crippen LogP contribution in [0.25, 0.3) is 10.2 Å². The molecule has 21 heavy (non-hydrogen) atoms. The summed E-state index contributed by atoms with van der Waals surface area (Å²) in [4.78, 5) is 12.1. The van der Waals surface area contributed by atoms with Gasteiger partial charge >= 0.3 is 4.87 Å². The van der Waals surface area contributed by atoms with E-state index in [0.29, 0.717) is 11.2 Å². The van der Waals surface area contributed by atoms with Gasteiger partial charge in [0.05, 0.1) is 15.1 Å². The fourth-order valence-electron chi connectivity index (χ4n) is 2.07. The number of thiazole rings is 1. The summed E-state index contributed by atoms with van der Waals surface area (Å²) >= 11 is 1.09. The lowest BCUT2D eigenvalue weighted by Gasteiger charge is -2.12. The smallest absolute Gasteiger partial charge is 0.299 e. The Labute approximate surface area is 128 Å². The summed E-state index contributed by atoms with van der Waals surface area (Å²) in [5.41, 5.74) is 0.800. The Morgan fingerprint density at radius 3 is 2.67 bits per heavy atom. The fraction of sp³-hybridized carbons (Fsp3) is 0.500. The van der Waals surface area contributed by atoms with Gasteiger partial charge in [-0.05, 0) is 38.0 Å². The van der Waals surface area contributed by atoms with Gasteiger partial charge in [0.15, 0.2) is 0 Å². The molecule has 0 radical (unpaired) electrons. The highest BCUT2D eigenvalue weighted by molar-refractivity contribution is 7.89. The van der Waals surface area contributed by atoms with Crippen LogP contribution in [0.2, 0.25) is 0 Å². The van der Waals surface area contributed by atoms with E-state index in [1.54, 1.807) is 22.8 Å². The van der Waals surface area contributed by atoms with Crippen LogP contribution in [0.3, 0.4) is 0 Å². The predicted molar refractivity (Wildman–Crippen MR) is 86.5 cm³/mol. The van der Waals surface area contributed by atoms with Gasteiger partial charge in [-0.2, -0.15) is 0 Å². The first kappa shape index (κ1) is 16.2. The number of hydrogen-bond donors (Lipinski definition) is 1. The molecule has 0 saturated heterocycles. The second-order valence-electron chi connectivity index (χ2n) is 5.08. The van der Waals surface area contributed by atoms with Gasteiger partial charge < -0.3 is 0 Å². The SMILES string of the molecule is CCCn1c(=O)sc2cc(S(=O)(=O)N[C@H](C)CC)ccc21. The van der Waals surface area contributed by atoms with Crippen molar-refractivity contribution in [3.05, 3.63) is 27.9 Å². The molecule has 1 aromatic carbocycles. The first-order chi connectivity index (χ1) is 9.89. The highest BCUT2D eigenvalue weighted by atomic mass is 32.2. The van der Waals surface area contributed by atoms with Crippen molar-refractivity contribution in [1.29, 1.82) is 0 Å². The van der Waals surface area contributed by atoms with Crippen molar-refractivity contribution in [2.45, 2.75) is 51.1 Å². The molecule has 0 saturated carbocycles. The largest absolute Gasteiger partial charge is 0.308 e. The molecule has 0 fully saturated rings. The lowest BCUT2D eigenvalue weighted by molar-refractivity contribution is 0.556. The van der Waals surface area contributed by atoms with Crippen LogP contribution < -0.4 is 9.60 Å². The van der Waals surface area contributed by atoms with Crippen molar-refractivity contribution in [1.82, 2.24) is 9.29 Å². The van der Waals surface area contributed by atoms with Gasteiger partial charge in [-0.25, -0.2) is 13.1 Å². The number of benzene rings is 1. The number of aryl methyl sites for hydroxylation is 1. The number of aromatic nitrogens is 1. The van der Waals surface area contributed by atoms with Crippen molar-refractivity contribution < 1.29 is 8.42 Å². The van der Waals surface area contributed by atoms with Gasteiger partial charge in [0.1, 0.15) is 0 Å². The van der Waals surface area contributed by atoms with E-state index >= 15 is 0 Å². The summed E-state index contributed by atoms with van der Waals surface area (Å²) in [6.45, 7) is 6.40. The molecule has 0 amide bonds. The molecule has 2 aromatic rings. The second kappa shape index (κ2) is 6.29. The fourth-order valence-corrected chi connectivity index (χ4v) is 4.45. The van der Waals surface area contributed by atoms with E-state index in [-0.39, 0.29) is 15.8 Å². The van der Waals surface area contributed by atoms with Crippen molar-refractivity contribution in [2.24, 2.45) is 0 Å². The third-order valence-electron chi connectivity index (χ3n) is 3.37. The van der Waals surface area contributed by atoms with E-state index in [1.165, 1.54) is 0 Å². The molecule has 1 N–H and O–H groups in total. The average Bonchev–Trinajstić information content (AvgIpc) is 2.74. The Hall–Kier alpha value is -1.18. The van der Waals surface area contributed by atoms with Crippen LogP contribution in [0.4, 0.5) is 0 Å². The van der Waals surface area contributed by atoms with Crippen molar-refractivity contribution in [3.63, 3.8) is 0 Å². The van der Waals surface area contributed by atoms with E-state index < -0.39 is 10.0 Å². The maximum atomic E-state index is 12.3. The van der Waals surface area contributed by atoms with E-state index in [4.69, 9.17) is 0 Å². The van der Waals surface area contributed by atoms with E-state index in [9.17, 15) is 13.2 Å². The first-order valence-corrected chi connectivity index (χ1v) is 9.34. The van der Waals surface area contributed by atoms with Gasteiger partial charge in [0, 0.05) is 12.6 Å². The molecule has 0 unspecified atom stereocenters. The predicted octanol–water partition coefficient (Wildman–Crippen LogP) is 2.55. The number of hydrogen-bond acceptors (Lipinski definition) is 4. The van der Waals surface area contributed by atoms with E-state index in [1.807, 2.05) is 20.8 Å². The summed E-state index contributed by atoms with van der Waals surface area (Å²) in [6, 6.07) is 4.74. The van der Waals surface area contributed by atoms with Crippen molar-refractivity contribution >= 4 is 31.6 Å². The molecule has 0 aliphatic rings.